The Morgan fingerprint density at radius 2 is 2.20 bits per heavy atom. The van der Waals surface area contributed by atoms with Crippen molar-refractivity contribution in [3.63, 3.8) is 0 Å². The Morgan fingerprint density at radius 3 is 2.90 bits per heavy atom. The third kappa shape index (κ3) is 3.25. The third-order valence-electron chi connectivity index (χ3n) is 2.51. The molecule has 2 N–H and O–H groups in total. The van der Waals surface area contributed by atoms with Crippen molar-refractivity contribution in [3.8, 4) is 11.5 Å². The molecule has 0 aliphatic heterocycles. The molecule has 106 valence electrons. The van der Waals surface area contributed by atoms with Crippen LogP contribution in [0.5, 0.6) is 11.5 Å². The number of phenols is 2. The Kier molecular flexibility index (Phi) is 4.19. The van der Waals surface area contributed by atoms with Crippen molar-refractivity contribution < 1.29 is 24.3 Å². The first-order valence-electron chi connectivity index (χ1n) is 6.10. The third-order valence-corrected chi connectivity index (χ3v) is 2.51. The highest BCUT2D eigenvalue weighted by molar-refractivity contribution is 5.92. The molecule has 7 heteroatoms. The maximum atomic E-state index is 11.7. The molecule has 0 spiro atoms. The lowest BCUT2D eigenvalue weighted by Gasteiger charge is -2.04. The lowest BCUT2D eigenvalue weighted by atomic mass is 10.2. The number of hydrogen-bond donors (Lipinski definition) is 2. The predicted molar refractivity (Wildman–Crippen MR) is 67.2 cm³/mol. The Hall–Kier alpha value is -2.57. The van der Waals surface area contributed by atoms with Gasteiger partial charge in [0.25, 0.3) is 5.89 Å². The summed E-state index contributed by atoms with van der Waals surface area (Å²) in [6.45, 7) is 1.82. The molecule has 1 aromatic carbocycles. The summed E-state index contributed by atoms with van der Waals surface area (Å²) < 4.78 is 9.86. The van der Waals surface area contributed by atoms with E-state index < -0.39 is 5.97 Å². The number of nitrogens with zero attached hydrogens (tertiary/aromatic N) is 2. The van der Waals surface area contributed by atoms with E-state index >= 15 is 0 Å². The molecule has 2 rings (SSSR count). The van der Waals surface area contributed by atoms with Crippen molar-refractivity contribution in [2.75, 3.05) is 0 Å². The molecule has 0 unspecified atom stereocenters. The second-order valence-electron chi connectivity index (χ2n) is 4.13. The van der Waals surface area contributed by atoms with Crippen LogP contribution in [-0.4, -0.2) is 26.3 Å². The minimum atomic E-state index is -0.738. The van der Waals surface area contributed by atoms with E-state index in [2.05, 4.69) is 10.1 Å². The normalized spacial score (nSPS) is 10.4. The van der Waals surface area contributed by atoms with Gasteiger partial charge in [0.15, 0.2) is 12.4 Å². The SMILES string of the molecule is CCCc1noc(COC(=O)c2ccc(O)cc2O)n1. The zero-order valence-corrected chi connectivity index (χ0v) is 10.9. The summed E-state index contributed by atoms with van der Waals surface area (Å²) in [4.78, 5) is 15.8. The van der Waals surface area contributed by atoms with Gasteiger partial charge in [0.1, 0.15) is 17.1 Å². The van der Waals surface area contributed by atoms with Gasteiger partial charge in [-0.1, -0.05) is 12.1 Å². The summed E-state index contributed by atoms with van der Waals surface area (Å²) in [5.41, 5.74) is -0.0453. The molecule has 0 atom stereocenters. The molecule has 1 heterocycles. The van der Waals surface area contributed by atoms with Gasteiger partial charge in [-0.15, -0.1) is 0 Å². The highest BCUT2D eigenvalue weighted by Crippen LogP contribution is 2.23. The lowest BCUT2D eigenvalue weighted by molar-refractivity contribution is 0.0426. The number of carbonyl (C=O) groups is 1. The van der Waals surface area contributed by atoms with Crippen LogP contribution in [0.1, 0.15) is 35.4 Å². The first kappa shape index (κ1) is 13.9. The number of aromatic hydroxyl groups is 2. The van der Waals surface area contributed by atoms with Crippen LogP contribution in [0, 0.1) is 0 Å². The molecule has 7 nitrogen and oxygen atoms in total. The number of phenolic OH excluding ortho intramolecular Hbond substituents is 2. The number of ether oxygens (including phenoxy) is 1. The molecule has 0 aliphatic carbocycles. The van der Waals surface area contributed by atoms with E-state index in [9.17, 15) is 9.90 Å². The molecule has 0 radical (unpaired) electrons. The summed E-state index contributed by atoms with van der Waals surface area (Å²) in [7, 11) is 0. The average Bonchev–Trinajstić information content (AvgIpc) is 2.84. The van der Waals surface area contributed by atoms with Gasteiger partial charge in [0.2, 0.25) is 0 Å². The summed E-state index contributed by atoms with van der Waals surface area (Å²) in [6.07, 6.45) is 1.58. The largest absolute Gasteiger partial charge is 0.508 e. The van der Waals surface area contributed by atoms with Crippen molar-refractivity contribution in [1.82, 2.24) is 10.1 Å². The van der Waals surface area contributed by atoms with Gasteiger partial charge in [-0.05, 0) is 18.6 Å². The fourth-order valence-corrected chi connectivity index (χ4v) is 1.57. The number of carbonyl (C=O) groups excluding carboxylic acids is 1. The topological polar surface area (TPSA) is 106 Å². The minimum Gasteiger partial charge on any atom is -0.508 e. The molecular formula is C13H14N2O5. The van der Waals surface area contributed by atoms with Crippen LogP contribution in [0.15, 0.2) is 22.7 Å². The summed E-state index contributed by atoms with van der Waals surface area (Å²) in [5, 5.41) is 22.4. The van der Waals surface area contributed by atoms with Crippen LogP contribution in [-0.2, 0) is 17.8 Å². The molecule has 0 saturated heterocycles. The van der Waals surface area contributed by atoms with Crippen molar-refractivity contribution in [1.29, 1.82) is 0 Å². The van der Waals surface area contributed by atoms with Crippen LogP contribution in [0.4, 0.5) is 0 Å². The van der Waals surface area contributed by atoms with Crippen molar-refractivity contribution >= 4 is 5.97 Å². The first-order valence-corrected chi connectivity index (χ1v) is 6.10. The Balaban J connectivity index is 1.97. The molecule has 0 saturated carbocycles. The van der Waals surface area contributed by atoms with E-state index in [1.165, 1.54) is 12.1 Å². The smallest absolute Gasteiger partial charge is 0.342 e. The van der Waals surface area contributed by atoms with Crippen LogP contribution in [0.2, 0.25) is 0 Å². The zero-order chi connectivity index (χ0) is 14.5. The maximum Gasteiger partial charge on any atom is 0.342 e. The molecule has 0 amide bonds. The summed E-state index contributed by atoms with van der Waals surface area (Å²) in [6, 6.07) is 3.61. The van der Waals surface area contributed by atoms with Gasteiger partial charge in [0.05, 0.1) is 0 Å². The van der Waals surface area contributed by atoms with Gasteiger partial charge in [-0.2, -0.15) is 4.98 Å². The van der Waals surface area contributed by atoms with Gasteiger partial charge in [-0.25, -0.2) is 4.79 Å². The fraction of sp³-hybridized carbons (Fsp3) is 0.308. The zero-order valence-electron chi connectivity index (χ0n) is 10.9. The average molecular weight is 278 g/mol. The van der Waals surface area contributed by atoms with Gasteiger partial charge < -0.3 is 19.5 Å². The predicted octanol–water partition coefficient (Wildman–Crippen LogP) is 1.79. The number of aryl methyl sites for hydroxylation is 1. The highest BCUT2D eigenvalue weighted by Gasteiger charge is 2.15. The van der Waals surface area contributed by atoms with E-state index in [4.69, 9.17) is 14.4 Å². The number of aromatic nitrogens is 2. The van der Waals surface area contributed by atoms with E-state index in [0.717, 1.165) is 12.5 Å². The van der Waals surface area contributed by atoms with E-state index in [1.54, 1.807) is 0 Å². The van der Waals surface area contributed by atoms with Crippen molar-refractivity contribution in [3.05, 3.63) is 35.5 Å². The van der Waals surface area contributed by atoms with E-state index in [-0.39, 0.29) is 29.6 Å². The van der Waals surface area contributed by atoms with Crippen LogP contribution in [0.25, 0.3) is 0 Å². The van der Waals surface area contributed by atoms with E-state index in [0.29, 0.717) is 12.2 Å². The Bertz CT molecular complexity index is 609. The summed E-state index contributed by atoms with van der Waals surface area (Å²) in [5.74, 6) is -0.476. The van der Waals surface area contributed by atoms with Crippen LogP contribution in [0.3, 0.4) is 0 Å². The van der Waals surface area contributed by atoms with Gasteiger partial charge in [-0.3, -0.25) is 0 Å². The molecular weight excluding hydrogens is 264 g/mol. The van der Waals surface area contributed by atoms with Crippen LogP contribution >= 0.6 is 0 Å². The number of benzene rings is 1. The standard InChI is InChI=1S/C13H14N2O5/c1-2-3-11-14-12(20-15-11)7-19-13(18)9-5-4-8(16)6-10(9)17/h4-6,16-17H,2-3,7H2,1H3. The van der Waals surface area contributed by atoms with E-state index in [1.807, 2.05) is 6.92 Å². The number of rotatable bonds is 5. The monoisotopic (exact) mass is 278 g/mol. The minimum absolute atomic E-state index is 0.0453. The molecule has 0 fully saturated rings. The molecule has 2 aromatic rings. The quantitative estimate of drug-likeness (QED) is 0.803. The Morgan fingerprint density at radius 1 is 1.40 bits per heavy atom. The highest BCUT2D eigenvalue weighted by atomic mass is 16.6. The van der Waals surface area contributed by atoms with Gasteiger partial charge in [0, 0.05) is 12.5 Å². The molecule has 20 heavy (non-hydrogen) atoms. The summed E-state index contributed by atoms with van der Waals surface area (Å²) >= 11 is 0. The number of hydrogen-bond acceptors (Lipinski definition) is 7. The van der Waals surface area contributed by atoms with Crippen molar-refractivity contribution in [2.45, 2.75) is 26.4 Å². The number of esters is 1. The second kappa shape index (κ2) is 6.05. The molecule has 0 bridgehead atoms. The lowest BCUT2D eigenvalue weighted by Crippen LogP contribution is -2.05. The van der Waals surface area contributed by atoms with Crippen molar-refractivity contribution in [2.24, 2.45) is 0 Å². The fourth-order valence-electron chi connectivity index (χ4n) is 1.57. The van der Waals surface area contributed by atoms with Crippen LogP contribution < -0.4 is 0 Å². The first-order chi connectivity index (χ1) is 9.60. The second-order valence-corrected chi connectivity index (χ2v) is 4.13. The maximum absolute atomic E-state index is 11.7. The van der Waals surface area contributed by atoms with Gasteiger partial charge >= 0.3 is 5.97 Å². The molecule has 0 aliphatic rings. The Labute approximate surface area is 114 Å². The molecule has 1 aromatic heterocycles.